The van der Waals surface area contributed by atoms with Gasteiger partial charge in [-0.1, -0.05) is 12.5 Å². The molecule has 2 aliphatic rings. The van der Waals surface area contributed by atoms with Gasteiger partial charge in [-0.05, 0) is 30.5 Å². The largest absolute Gasteiger partial charge is 0.482 e. The quantitative estimate of drug-likeness (QED) is 0.860. The van der Waals surface area contributed by atoms with Gasteiger partial charge in [0.25, 0.3) is 5.91 Å². The third kappa shape index (κ3) is 1.52. The standard InChI is InChI=1S/C14H17NO3/c1-15-11-4-3-10(14(9-16)5-2-6-14)7-12(11)18-8-13(15)17/h3-4,7,16H,2,5-6,8-9H2,1H3. The Morgan fingerprint density at radius 3 is 2.83 bits per heavy atom. The molecule has 0 radical (unpaired) electrons. The van der Waals surface area contributed by atoms with Gasteiger partial charge in [0.2, 0.25) is 0 Å². The van der Waals surface area contributed by atoms with Crippen molar-refractivity contribution in [3.63, 3.8) is 0 Å². The maximum Gasteiger partial charge on any atom is 0.264 e. The van der Waals surface area contributed by atoms with E-state index >= 15 is 0 Å². The lowest BCUT2D eigenvalue weighted by atomic mass is 9.65. The lowest BCUT2D eigenvalue weighted by Gasteiger charge is -2.41. The number of hydrogen-bond acceptors (Lipinski definition) is 3. The highest BCUT2D eigenvalue weighted by molar-refractivity contribution is 5.97. The number of benzene rings is 1. The fourth-order valence-corrected chi connectivity index (χ4v) is 2.75. The van der Waals surface area contributed by atoms with E-state index in [2.05, 4.69) is 0 Å². The molecular formula is C14H17NO3. The molecule has 0 unspecified atom stereocenters. The topological polar surface area (TPSA) is 49.8 Å². The highest BCUT2D eigenvalue weighted by Crippen LogP contribution is 2.45. The molecule has 96 valence electrons. The molecule has 1 aliphatic carbocycles. The van der Waals surface area contributed by atoms with E-state index in [0.717, 1.165) is 36.3 Å². The molecule has 18 heavy (non-hydrogen) atoms. The Bertz CT molecular complexity index is 488. The smallest absolute Gasteiger partial charge is 0.264 e. The predicted octanol–water partition coefficient (Wildman–Crippen LogP) is 1.46. The number of rotatable bonds is 2. The Kier molecular flexibility index (Phi) is 2.55. The van der Waals surface area contributed by atoms with Crippen LogP contribution >= 0.6 is 0 Å². The summed E-state index contributed by atoms with van der Waals surface area (Å²) in [7, 11) is 1.76. The third-order valence-corrected chi connectivity index (χ3v) is 4.27. The molecule has 1 aliphatic heterocycles. The van der Waals surface area contributed by atoms with Gasteiger partial charge in [-0.25, -0.2) is 0 Å². The van der Waals surface area contributed by atoms with Crippen LogP contribution in [0.3, 0.4) is 0 Å². The van der Waals surface area contributed by atoms with Crippen molar-refractivity contribution < 1.29 is 14.6 Å². The predicted molar refractivity (Wildman–Crippen MR) is 68.0 cm³/mol. The number of ether oxygens (including phenoxy) is 1. The van der Waals surface area contributed by atoms with E-state index in [1.807, 2.05) is 18.2 Å². The van der Waals surface area contributed by atoms with Crippen LogP contribution in [0.1, 0.15) is 24.8 Å². The summed E-state index contributed by atoms with van der Waals surface area (Å²) in [4.78, 5) is 13.1. The van der Waals surface area contributed by atoms with Gasteiger partial charge in [0.1, 0.15) is 5.75 Å². The Morgan fingerprint density at radius 1 is 1.44 bits per heavy atom. The first-order chi connectivity index (χ1) is 8.66. The van der Waals surface area contributed by atoms with Gasteiger partial charge in [-0.2, -0.15) is 0 Å². The number of anilines is 1. The maximum absolute atomic E-state index is 11.5. The number of aliphatic hydroxyl groups is 1. The highest BCUT2D eigenvalue weighted by Gasteiger charge is 2.39. The van der Waals surface area contributed by atoms with Gasteiger partial charge in [0.15, 0.2) is 6.61 Å². The van der Waals surface area contributed by atoms with Crippen LogP contribution in [0.2, 0.25) is 0 Å². The first kappa shape index (κ1) is 11.5. The van der Waals surface area contributed by atoms with Gasteiger partial charge in [-0.3, -0.25) is 4.79 Å². The van der Waals surface area contributed by atoms with Crippen molar-refractivity contribution in [1.82, 2.24) is 0 Å². The minimum Gasteiger partial charge on any atom is -0.482 e. The maximum atomic E-state index is 11.5. The third-order valence-electron chi connectivity index (χ3n) is 4.27. The van der Waals surface area contributed by atoms with Crippen molar-refractivity contribution in [2.45, 2.75) is 24.7 Å². The molecule has 0 aromatic heterocycles. The normalized spacial score (nSPS) is 21.0. The zero-order chi connectivity index (χ0) is 12.8. The summed E-state index contributed by atoms with van der Waals surface area (Å²) in [5.74, 6) is 0.713. The number of likely N-dealkylation sites (N-methyl/N-ethyl adjacent to an activating group) is 1. The summed E-state index contributed by atoms with van der Waals surface area (Å²) in [5.41, 5.74) is 1.85. The average Bonchev–Trinajstić information content (AvgIpc) is 2.33. The average molecular weight is 247 g/mol. The molecule has 1 aromatic carbocycles. The van der Waals surface area contributed by atoms with Gasteiger partial charge < -0.3 is 14.7 Å². The van der Waals surface area contributed by atoms with Crippen LogP contribution in [-0.4, -0.2) is 31.3 Å². The fourth-order valence-electron chi connectivity index (χ4n) is 2.75. The Labute approximate surface area is 106 Å². The van der Waals surface area contributed by atoms with E-state index in [1.165, 1.54) is 0 Å². The lowest BCUT2D eigenvalue weighted by molar-refractivity contribution is -0.120. The molecule has 3 rings (SSSR count). The summed E-state index contributed by atoms with van der Waals surface area (Å²) in [5, 5.41) is 9.58. The van der Waals surface area contributed by atoms with E-state index in [4.69, 9.17) is 4.74 Å². The first-order valence-electron chi connectivity index (χ1n) is 6.31. The molecule has 0 atom stereocenters. The van der Waals surface area contributed by atoms with Gasteiger partial charge in [-0.15, -0.1) is 0 Å². The zero-order valence-electron chi connectivity index (χ0n) is 10.5. The van der Waals surface area contributed by atoms with E-state index in [1.54, 1.807) is 11.9 Å². The molecule has 4 nitrogen and oxygen atoms in total. The molecule has 0 saturated heterocycles. The second-order valence-electron chi connectivity index (χ2n) is 5.22. The van der Waals surface area contributed by atoms with Crippen molar-refractivity contribution in [3.05, 3.63) is 23.8 Å². The first-order valence-corrected chi connectivity index (χ1v) is 6.31. The van der Waals surface area contributed by atoms with Crippen LogP contribution in [0.15, 0.2) is 18.2 Å². The van der Waals surface area contributed by atoms with E-state index in [0.29, 0.717) is 0 Å². The summed E-state index contributed by atoms with van der Waals surface area (Å²) >= 11 is 0. The number of fused-ring (bicyclic) bond motifs is 1. The molecule has 1 aromatic rings. The number of amides is 1. The molecule has 1 fully saturated rings. The van der Waals surface area contributed by atoms with Crippen LogP contribution in [0.25, 0.3) is 0 Å². The van der Waals surface area contributed by atoms with Crippen molar-refractivity contribution >= 4 is 11.6 Å². The summed E-state index contributed by atoms with van der Waals surface area (Å²) in [6, 6.07) is 5.90. The molecule has 1 amide bonds. The van der Waals surface area contributed by atoms with Crippen molar-refractivity contribution in [1.29, 1.82) is 0 Å². The Hall–Kier alpha value is -1.55. The zero-order valence-corrected chi connectivity index (χ0v) is 10.5. The molecule has 1 N–H and O–H groups in total. The molecule has 0 bridgehead atoms. The highest BCUT2D eigenvalue weighted by atomic mass is 16.5. The number of aliphatic hydroxyl groups excluding tert-OH is 1. The van der Waals surface area contributed by atoms with Gasteiger partial charge in [0.05, 0.1) is 12.3 Å². The second-order valence-corrected chi connectivity index (χ2v) is 5.22. The Balaban J connectivity index is 1.99. The number of carbonyl (C=O) groups is 1. The second kappa shape index (κ2) is 3.99. The van der Waals surface area contributed by atoms with Gasteiger partial charge >= 0.3 is 0 Å². The number of nitrogens with zero attached hydrogens (tertiary/aromatic N) is 1. The van der Waals surface area contributed by atoms with E-state index < -0.39 is 0 Å². The lowest BCUT2D eigenvalue weighted by Crippen LogP contribution is -2.39. The fraction of sp³-hybridized carbons (Fsp3) is 0.500. The van der Waals surface area contributed by atoms with Crippen molar-refractivity contribution in [2.75, 3.05) is 25.2 Å². The van der Waals surface area contributed by atoms with Crippen LogP contribution in [0.4, 0.5) is 5.69 Å². The molecule has 1 heterocycles. The van der Waals surface area contributed by atoms with Crippen LogP contribution < -0.4 is 9.64 Å². The number of hydrogen-bond donors (Lipinski definition) is 1. The summed E-state index contributed by atoms with van der Waals surface area (Å²) in [6.45, 7) is 0.277. The van der Waals surface area contributed by atoms with Crippen molar-refractivity contribution in [3.8, 4) is 5.75 Å². The summed E-state index contributed by atoms with van der Waals surface area (Å²) in [6.07, 6.45) is 3.21. The summed E-state index contributed by atoms with van der Waals surface area (Å²) < 4.78 is 5.48. The van der Waals surface area contributed by atoms with E-state index in [9.17, 15) is 9.90 Å². The van der Waals surface area contributed by atoms with Crippen LogP contribution in [0.5, 0.6) is 5.75 Å². The van der Waals surface area contributed by atoms with E-state index in [-0.39, 0.29) is 24.5 Å². The number of carbonyl (C=O) groups excluding carboxylic acids is 1. The minimum atomic E-state index is -0.0849. The minimum absolute atomic E-state index is 0.0317. The van der Waals surface area contributed by atoms with Crippen LogP contribution in [0, 0.1) is 0 Å². The van der Waals surface area contributed by atoms with Crippen LogP contribution in [-0.2, 0) is 10.2 Å². The molecular weight excluding hydrogens is 230 g/mol. The monoisotopic (exact) mass is 247 g/mol. The molecule has 0 spiro atoms. The van der Waals surface area contributed by atoms with Crippen molar-refractivity contribution in [2.24, 2.45) is 0 Å². The van der Waals surface area contributed by atoms with Gasteiger partial charge in [0, 0.05) is 12.5 Å². The SMILES string of the molecule is CN1C(=O)COc2cc(C3(CO)CCC3)ccc21. The molecule has 1 saturated carbocycles. The molecule has 4 heteroatoms. The Morgan fingerprint density at radius 2 is 2.22 bits per heavy atom.